The molecule has 1 saturated carbocycles. The number of nitrogen functional groups attached to an aromatic ring is 1. The molecule has 0 aromatic heterocycles. The van der Waals surface area contributed by atoms with Crippen molar-refractivity contribution in [3.63, 3.8) is 0 Å². The number of nitrogens with two attached hydrogens (primary N) is 1. The molecule has 4 nitrogen and oxygen atoms in total. The van der Waals surface area contributed by atoms with Gasteiger partial charge in [0.15, 0.2) is 0 Å². The molecule has 3 N–H and O–H groups in total. The number of nitrogens with one attached hydrogen (secondary N) is 1. The van der Waals surface area contributed by atoms with Crippen molar-refractivity contribution in [1.82, 2.24) is 4.72 Å². The lowest BCUT2D eigenvalue weighted by Crippen LogP contribution is -2.41. The second-order valence-corrected chi connectivity index (χ2v) is 7.68. The van der Waals surface area contributed by atoms with Crippen LogP contribution in [0.1, 0.15) is 51.0 Å². The van der Waals surface area contributed by atoms with Crippen LogP contribution in [0.15, 0.2) is 23.1 Å². The minimum absolute atomic E-state index is 0.00862. The topological polar surface area (TPSA) is 72.2 Å². The van der Waals surface area contributed by atoms with Crippen LogP contribution in [0.25, 0.3) is 0 Å². The molecule has 118 valence electrons. The van der Waals surface area contributed by atoms with Crippen molar-refractivity contribution < 1.29 is 8.42 Å². The molecule has 0 bridgehead atoms. The Morgan fingerprint density at radius 2 is 1.95 bits per heavy atom. The zero-order valence-electron chi connectivity index (χ0n) is 12.9. The van der Waals surface area contributed by atoms with E-state index < -0.39 is 10.0 Å². The quantitative estimate of drug-likeness (QED) is 0.820. The molecule has 1 fully saturated rings. The molecule has 1 aromatic rings. The third-order valence-corrected chi connectivity index (χ3v) is 6.18. The van der Waals surface area contributed by atoms with Gasteiger partial charge in [0.2, 0.25) is 10.0 Å². The summed E-state index contributed by atoms with van der Waals surface area (Å²) in [5.74, 6) is 0.448. The second-order valence-electron chi connectivity index (χ2n) is 6.03. The number of rotatable bonds is 5. The summed E-state index contributed by atoms with van der Waals surface area (Å²) in [6.45, 7) is 3.83. The van der Waals surface area contributed by atoms with E-state index in [1.807, 2.05) is 6.92 Å². The Hall–Kier alpha value is -1.07. The Morgan fingerprint density at radius 3 is 2.52 bits per heavy atom. The van der Waals surface area contributed by atoms with Crippen molar-refractivity contribution in [2.75, 3.05) is 5.73 Å². The van der Waals surface area contributed by atoms with Crippen LogP contribution < -0.4 is 10.5 Å². The van der Waals surface area contributed by atoms with Crippen LogP contribution in [0.2, 0.25) is 0 Å². The Labute approximate surface area is 128 Å². The van der Waals surface area contributed by atoms with Gasteiger partial charge in [-0.25, -0.2) is 13.1 Å². The highest BCUT2D eigenvalue weighted by molar-refractivity contribution is 7.89. The zero-order chi connectivity index (χ0) is 15.5. The summed E-state index contributed by atoms with van der Waals surface area (Å²) >= 11 is 0. The molecular weight excluding hydrogens is 284 g/mol. The maximum Gasteiger partial charge on any atom is 0.243 e. The fraction of sp³-hybridized carbons (Fsp3) is 0.625. The number of aryl methyl sites for hydroxylation is 1. The Bertz CT molecular complexity index is 558. The highest BCUT2D eigenvalue weighted by Crippen LogP contribution is 2.29. The molecule has 0 saturated heterocycles. The SMILES string of the molecule is CCC(NS(=O)(=O)c1c(C)cccc1N)C1CCCCC1. The van der Waals surface area contributed by atoms with Crippen LogP contribution in [0.4, 0.5) is 5.69 Å². The molecule has 0 aliphatic heterocycles. The van der Waals surface area contributed by atoms with E-state index >= 15 is 0 Å². The van der Waals surface area contributed by atoms with Crippen molar-refractivity contribution >= 4 is 15.7 Å². The minimum atomic E-state index is -3.56. The smallest absolute Gasteiger partial charge is 0.243 e. The molecule has 2 rings (SSSR count). The molecule has 1 aromatic carbocycles. The Morgan fingerprint density at radius 1 is 1.29 bits per heavy atom. The average Bonchev–Trinajstić information content (AvgIpc) is 2.45. The normalized spacial score (nSPS) is 18.6. The summed E-state index contributed by atoms with van der Waals surface area (Å²) in [4.78, 5) is 0.235. The van der Waals surface area contributed by atoms with Crippen LogP contribution in [-0.4, -0.2) is 14.5 Å². The third kappa shape index (κ3) is 3.77. The molecule has 21 heavy (non-hydrogen) atoms. The lowest BCUT2D eigenvalue weighted by Gasteiger charge is -2.30. The number of hydrogen-bond donors (Lipinski definition) is 2. The van der Waals surface area contributed by atoms with Crippen LogP contribution in [0.3, 0.4) is 0 Å². The molecule has 1 atom stereocenters. The predicted molar refractivity (Wildman–Crippen MR) is 86.6 cm³/mol. The fourth-order valence-corrected chi connectivity index (χ4v) is 5.10. The van der Waals surface area contributed by atoms with Gasteiger partial charge in [-0.2, -0.15) is 0 Å². The first kappa shape index (κ1) is 16.3. The van der Waals surface area contributed by atoms with Crippen molar-refractivity contribution in [1.29, 1.82) is 0 Å². The maximum atomic E-state index is 12.7. The monoisotopic (exact) mass is 310 g/mol. The van der Waals surface area contributed by atoms with E-state index in [1.54, 1.807) is 25.1 Å². The van der Waals surface area contributed by atoms with E-state index in [9.17, 15) is 8.42 Å². The van der Waals surface area contributed by atoms with Gasteiger partial charge in [0, 0.05) is 6.04 Å². The summed E-state index contributed by atoms with van der Waals surface area (Å²) in [7, 11) is -3.56. The van der Waals surface area contributed by atoms with Gasteiger partial charge in [-0.05, 0) is 43.7 Å². The largest absolute Gasteiger partial charge is 0.398 e. The van der Waals surface area contributed by atoms with Crippen molar-refractivity contribution in [3.05, 3.63) is 23.8 Å². The van der Waals surface area contributed by atoms with Crippen molar-refractivity contribution in [3.8, 4) is 0 Å². The van der Waals surface area contributed by atoms with Gasteiger partial charge >= 0.3 is 0 Å². The molecule has 1 aliphatic carbocycles. The molecular formula is C16H26N2O2S. The van der Waals surface area contributed by atoms with Crippen LogP contribution in [0, 0.1) is 12.8 Å². The van der Waals surface area contributed by atoms with Gasteiger partial charge in [-0.15, -0.1) is 0 Å². The molecule has 0 radical (unpaired) electrons. The second kappa shape index (κ2) is 6.79. The van der Waals surface area contributed by atoms with Gasteiger partial charge in [0.1, 0.15) is 4.90 Å². The number of anilines is 1. The highest BCUT2D eigenvalue weighted by Gasteiger charge is 2.28. The van der Waals surface area contributed by atoms with Crippen molar-refractivity contribution in [2.24, 2.45) is 5.92 Å². The van der Waals surface area contributed by atoms with Gasteiger partial charge < -0.3 is 5.73 Å². The Balaban J connectivity index is 2.23. The number of sulfonamides is 1. The zero-order valence-corrected chi connectivity index (χ0v) is 13.7. The summed E-state index contributed by atoms with van der Waals surface area (Å²) in [6.07, 6.45) is 6.72. The summed E-state index contributed by atoms with van der Waals surface area (Å²) in [5, 5.41) is 0. The molecule has 5 heteroatoms. The first-order valence-corrected chi connectivity index (χ1v) is 9.31. The average molecular weight is 310 g/mol. The molecule has 1 unspecified atom stereocenters. The molecule has 0 heterocycles. The predicted octanol–water partition coefficient (Wildman–Crippen LogP) is 3.21. The molecule has 0 spiro atoms. The summed E-state index contributed by atoms with van der Waals surface area (Å²) < 4.78 is 28.3. The Kier molecular flexibility index (Phi) is 5.27. The van der Waals surface area contributed by atoms with Crippen LogP contribution >= 0.6 is 0 Å². The first-order chi connectivity index (χ1) is 9.95. The fourth-order valence-electron chi connectivity index (χ4n) is 3.35. The van der Waals surface area contributed by atoms with E-state index in [0.29, 0.717) is 17.2 Å². The van der Waals surface area contributed by atoms with Gasteiger partial charge in [-0.3, -0.25) is 0 Å². The van der Waals surface area contributed by atoms with Gasteiger partial charge in [0.25, 0.3) is 0 Å². The van der Waals surface area contributed by atoms with E-state index in [-0.39, 0.29) is 10.9 Å². The lowest BCUT2D eigenvalue weighted by molar-refractivity contribution is 0.285. The van der Waals surface area contributed by atoms with Crippen LogP contribution in [0.5, 0.6) is 0 Å². The third-order valence-electron chi connectivity index (χ3n) is 4.48. The van der Waals surface area contributed by atoms with Gasteiger partial charge in [0.05, 0.1) is 5.69 Å². The summed E-state index contributed by atoms with van der Waals surface area (Å²) in [5.41, 5.74) is 6.90. The van der Waals surface area contributed by atoms with Gasteiger partial charge in [-0.1, -0.05) is 38.3 Å². The summed E-state index contributed by atoms with van der Waals surface area (Å²) in [6, 6.07) is 5.21. The van der Waals surface area contributed by atoms with E-state index in [1.165, 1.54) is 19.3 Å². The number of benzene rings is 1. The standard InChI is InChI=1S/C16H26N2O2S/c1-3-15(13-9-5-4-6-10-13)18-21(19,20)16-12(2)8-7-11-14(16)17/h7-8,11,13,15,18H,3-6,9-10,17H2,1-2H3. The van der Waals surface area contributed by atoms with E-state index in [2.05, 4.69) is 4.72 Å². The first-order valence-electron chi connectivity index (χ1n) is 7.83. The lowest BCUT2D eigenvalue weighted by atomic mass is 9.83. The van der Waals surface area contributed by atoms with Crippen molar-refractivity contribution in [2.45, 2.75) is 63.3 Å². The molecule has 1 aliphatic rings. The number of hydrogen-bond acceptors (Lipinski definition) is 3. The highest BCUT2D eigenvalue weighted by atomic mass is 32.2. The van der Waals surface area contributed by atoms with Crippen LogP contribution in [-0.2, 0) is 10.0 Å². The van der Waals surface area contributed by atoms with E-state index in [0.717, 1.165) is 19.3 Å². The minimum Gasteiger partial charge on any atom is -0.398 e. The molecule has 0 amide bonds. The maximum absolute atomic E-state index is 12.7. The van der Waals surface area contributed by atoms with E-state index in [4.69, 9.17) is 5.73 Å².